The molecule has 21 heavy (non-hydrogen) atoms. The molecule has 6 heteroatoms. The predicted octanol–water partition coefficient (Wildman–Crippen LogP) is 2.54. The molecule has 0 saturated heterocycles. The van der Waals surface area contributed by atoms with E-state index in [1.807, 2.05) is 13.0 Å². The molecule has 5 nitrogen and oxygen atoms in total. The summed E-state index contributed by atoms with van der Waals surface area (Å²) in [4.78, 5) is 19.2. The lowest BCUT2D eigenvalue weighted by Crippen LogP contribution is -2.24. The van der Waals surface area contributed by atoms with Gasteiger partial charge in [-0.3, -0.25) is 4.79 Å². The smallest absolute Gasteiger partial charge is 0.275 e. The largest absolute Gasteiger partial charge is 0.313 e. The van der Waals surface area contributed by atoms with E-state index in [-0.39, 0.29) is 5.56 Å². The number of nitrogens with zero attached hydrogens (tertiary/aromatic N) is 4. The first-order chi connectivity index (χ1) is 10.1. The lowest BCUT2D eigenvalue weighted by molar-refractivity contribution is 0.745. The fourth-order valence-corrected chi connectivity index (χ4v) is 3.93. The van der Waals surface area contributed by atoms with Crippen LogP contribution in [-0.4, -0.2) is 20.6 Å². The van der Waals surface area contributed by atoms with Gasteiger partial charge in [0.15, 0.2) is 0 Å². The van der Waals surface area contributed by atoms with Crippen LogP contribution in [0.3, 0.4) is 0 Å². The summed E-state index contributed by atoms with van der Waals surface area (Å²) in [7, 11) is 0. The Morgan fingerprint density at radius 3 is 3.00 bits per heavy atom. The monoisotopic (exact) mass is 298 g/mol. The lowest BCUT2D eigenvalue weighted by Gasteiger charge is -2.20. The number of hydrogen-bond acceptors (Lipinski definition) is 5. The van der Waals surface area contributed by atoms with Crippen molar-refractivity contribution >= 4 is 27.1 Å². The van der Waals surface area contributed by atoms with Crippen molar-refractivity contribution in [3.05, 3.63) is 51.9 Å². The standard InChI is InChI=1S/C15H14N4OS/c1-9-7-13(20)19-14(16-9)21-15(17-19)18-10(2)8-11-5-3-4-6-12(11)18/h3-7,10H,8H2,1-2H3/t10-/m1/s1. The summed E-state index contributed by atoms with van der Waals surface area (Å²) in [5.41, 5.74) is 3.10. The second kappa shape index (κ2) is 4.39. The Labute approximate surface area is 125 Å². The van der Waals surface area contributed by atoms with E-state index < -0.39 is 0 Å². The number of rotatable bonds is 1. The first-order valence-corrected chi connectivity index (χ1v) is 7.70. The minimum absolute atomic E-state index is 0.125. The highest BCUT2D eigenvalue weighted by Crippen LogP contribution is 2.39. The van der Waals surface area contributed by atoms with Crippen molar-refractivity contribution in [3.8, 4) is 0 Å². The van der Waals surface area contributed by atoms with Crippen LogP contribution in [0.2, 0.25) is 0 Å². The molecule has 0 fully saturated rings. The van der Waals surface area contributed by atoms with Crippen LogP contribution in [0.1, 0.15) is 18.2 Å². The molecule has 0 radical (unpaired) electrons. The predicted molar refractivity (Wildman–Crippen MR) is 83.6 cm³/mol. The Balaban J connectivity index is 1.91. The van der Waals surface area contributed by atoms with Gasteiger partial charge >= 0.3 is 0 Å². The first-order valence-electron chi connectivity index (χ1n) is 6.88. The van der Waals surface area contributed by atoms with E-state index in [4.69, 9.17) is 0 Å². The summed E-state index contributed by atoms with van der Waals surface area (Å²) in [6.45, 7) is 4.00. The number of benzene rings is 1. The van der Waals surface area contributed by atoms with Crippen molar-refractivity contribution in [3.63, 3.8) is 0 Å². The molecule has 2 aromatic heterocycles. The molecule has 0 amide bonds. The highest BCUT2D eigenvalue weighted by molar-refractivity contribution is 7.20. The van der Waals surface area contributed by atoms with Gasteiger partial charge in [-0.1, -0.05) is 29.5 Å². The summed E-state index contributed by atoms with van der Waals surface area (Å²) >= 11 is 1.46. The molecule has 0 spiro atoms. The number of hydrogen-bond donors (Lipinski definition) is 0. The summed E-state index contributed by atoms with van der Waals surface area (Å²) in [5, 5.41) is 5.29. The Morgan fingerprint density at radius 2 is 2.14 bits per heavy atom. The van der Waals surface area contributed by atoms with E-state index in [0.717, 1.165) is 17.2 Å². The molecule has 1 aliphatic rings. The number of anilines is 2. The third-order valence-electron chi connectivity index (χ3n) is 3.78. The molecule has 106 valence electrons. The molecule has 4 rings (SSSR count). The van der Waals surface area contributed by atoms with Crippen LogP contribution in [0.15, 0.2) is 35.1 Å². The quantitative estimate of drug-likeness (QED) is 0.693. The zero-order valence-electron chi connectivity index (χ0n) is 11.8. The summed E-state index contributed by atoms with van der Waals surface area (Å²) < 4.78 is 1.39. The lowest BCUT2D eigenvalue weighted by atomic mass is 10.1. The fourth-order valence-electron chi connectivity index (χ4n) is 2.86. The molecular formula is C15H14N4OS. The second-order valence-electron chi connectivity index (χ2n) is 5.37. The summed E-state index contributed by atoms with van der Waals surface area (Å²) in [6.07, 6.45) is 0.994. The van der Waals surface area contributed by atoms with Gasteiger partial charge in [-0.2, -0.15) is 4.52 Å². The van der Waals surface area contributed by atoms with E-state index in [0.29, 0.717) is 11.0 Å². The molecule has 1 atom stereocenters. The Hall–Kier alpha value is -2.21. The van der Waals surface area contributed by atoms with Crippen molar-refractivity contribution in [2.75, 3.05) is 4.90 Å². The van der Waals surface area contributed by atoms with E-state index in [9.17, 15) is 4.79 Å². The number of aromatic nitrogens is 3. The zero-order valence-corrected chi connectivity index (χ0v) is 12.6. The Bertz CT molecular complexity index is 898. The molecule has 0 saturated carbocycles. The molecule has 0 N–H and O–H groups in total. The molecular weight excluding hydrogens is 284 g/mol. The maximum Gasteiger partial charge on any atom is 0.275 e. The normalized spacial score (nSPS) is 17.4. The number of para-hydroxylation sites is 1. The fraction of sp³-hybridized carbons (Fsp3) is 0.267. The van der Waals surface area contributed by atoms with Crippen LogP contribution in [-0.2, 0) is 6.42 Å². The Kier molecular flexibility index (Phi) is 2.62. The van der Waals surface area contributed by atoms with Crippen LogP contribution in [0, 0.1) is 6.92 Å². The maximum atomic E-state index is 12.0. The van der Waals surface area contributed by atoms with E-state index in [1.165, 1.54) is 33.2 Å². The van der Waals surface area contributed by atoms with E-state index >= 15 is 0 Å². The average molecular weight is 298 g/mol. The molecule has 0 unspecified atom stereocenters. The molecule has 3 heterocycles. The van der Waals surface area contributed by atoms with Gasteiger partial charge in [-0.15, -0.1) is 5.10 Å². The highest BCUT2D eigenvalue weighted by Gasteiger charge is 2.29. The van der Waals surface area contributed by atoms with E-state index in [2.05, 4.69) is 40.1 Å². The zero-order chi connectivity index (χ0) is 14.6. The van der Waals surface area contributed by atoms with Crippen molar-refractivity contribution in [2.45, 2.75) is 26.3 Å². The van der Waals surface area contributed by atoms with Gasteiger partial charge in [0.1, 0.15) is 0 Å². The third-order valence-corrected chi connectivity index (χ3v) is 4.68. The van der Waals surface area contributed by atoms with Crippen LogP contribution < -0.4 is 10.5 Å². The van der Waals surface area contributed by atoms with Gasteiger partial charge < -0.3 is 4.90 Å². The van der Waals surface area contributed by atoms with Gasteiger partial charge in [0.05, 0.1) is 0 Å². The summed E-state index contributed by atoms with van der Waals surface area (Å²) in [5.74, 6) is 0. The minimum Gasteiger partial charge on any atom is -0.313 e. The average Bonchev–Trinajstić information content (AvgIpc) is 2.98. The number of aryl methyl sites for hydroxylation is 1. The second-order valence-corrected chi connectivity index (χ2v) is 6.30. The van der Waals surface area contributed by atoms with Gasteiger partial charge in [0.2, 0.25) is 10.1 Å². The molecule has 1 aromatic carbocycles. The molecule has 3 aromatic rings. The Morgan fingerprint density at radius 1 is 1.33 bits per heavy atom. The van der Waals surface area contributed by atoms with Gasteiger partial charge in [0.25, 0.3) is 5.56 Å². The van der Waals surface area contributed by atoms with Crippen LogP contribution in [0.25, 0.3) is 4.96 Å². The van der Waals surface area contributed by atoms with Crippen molar-refractivity contribution in [1.29, 1.82) is 0 Å². The van der Waals surface area contributed by atoms with Crippen LogP contribution in [0.4, 0.5) is 10.8 Å². The minimum atomic E-state index is -0.125. The van der Waals surface area contributed by atoms with E-state index in [1.54, 1.807) is 0 Å². The van der Waals surface area contributed by atoms with Crippen molar-refractivity contribution < 1.29 is 0 Å². The van der Waals surface area contributed by atoms with Gasteiger partial charge in [0, 0.05) is 23.5 Å². The third kappa shape index (κ3) is 1.86. The molecule has 1 aliphatic heterocycles. The highest BCUT2D eigenvalue weighted by atomic mass is 32.1. The van der Waals surface area contributed by atoms with Gasteiger partial charge in [-0.05, 0) is 31.9 Å². The molecule has 0 bridgehead atoms. The topological polar surface area (TPSA) is 50.5 Å². The van der Waals surface area contributed by atoms with Crippen molar-refractivity contribution in [1.82, 2.24) is 14.6 Å². The van der Waals surface area contributed by atoms with Crippen LogP contribution in [0.5, 0.6) is 0 Å². The SMILES string of the molecule is Cc1cc(=O)n2nc(N3c4ccccc4C[C@H]3C)sc2n1. The van der Waals surface area contributed by atoms with Crippen LogP contribution >= 0.6 is 11.3 Å². The van der Waals surface area contributed by atoms with Crippen molar-refractivity contribution in [2.24, 2.45) is 0 Å². The van der Waals surface area contributed by atoms with Gasteiger partial charge in [-0.25, -0.2) is 4.98 Å². The maximum absolute atomic E-state index is 12.0. The molecule has 0 aliphatic carbocycles. The first kappa shape index (κ1) is 12.5. The summed E-state index contributed by atoms with van der Waals surface area (Å²) in [6, 6.07) is 10.2. The number of fused-ring (bicyclic) bond motifs is 2.